The maximum absolute atomic E-state index is 11.2. The molecule has 3 nitrogen and oxygen atoms in total. The molecule has 0 fully saturated rings. The van der Waals surface area contributed by atoms with Crippen LogP contribution in [0.4, 0.5) is 0 Å². The zero-order valence-electron chi connectivity index (χ0n) is 7.76. The van der Waals surface area contributed by atoms with Crippen LogP contribution >= 0.6 is 0 Å². The predicted molar refractivity (Wildman–Crippen MR) is 49.1 cm³/mol. The van der Waals surface area contributed by atoms with Gasteiger partial charge in [0.1, 0.15) is 0 Å². The van der Waals surface area contributed by atoms with Crippen molar-refractivity contribution < 1.29 is 29.6 Å². The molecule has 5 heteroatoms. The third-order valence-electron chi connectivity index (χ3n) is 1.55. The van der Waals surface area contributed by atoms with E-state index in [4.69, 9.17) is 12.6 Å². The van der Waals surface area contributed by atoms with Gasteiger partial charge in [-0.1, -0.05) is 6.08 Å². The zero-order chi connectivity index (χ0) is 9.14. The second kappa shape index (κ2) is 5.54. The summed E-state index contributed by atoms with van der Waals surface area (Å²) in [5.74, 6) is 0. The van der Waals surface area contributed by atoms with Crippen molar-refractivity contribution in [2.24, 2.45) is 0 Å². The van der Waals surface area contributed by atoms with E-state index < -0.39 is 0 Å². The van der Waals surface area contributed by atoms with Crippen LogP contribution in [0.25, 0.3) is 0 Å². The molecule has 0 aliphatic carbocycles. The SMILES string of the molecule is C=CCc1c(C)nc([S-])[nH]c1=O.[Na+]. The van der Waals surface area contributed by atoms with Gasteiger partial charge in [-0.15, -0.1) is 6.58 Å². The van der Waals surface area contributed by atoms with Crippen molar-refractivity contribution in [2.75, 3.05) is 0 Å². The Morgan fingerprint density at radius 2 is 2.31 bits per heavy atom. The first kappa shape index (κ1) is 12.8. The van der Waals surface area contributed by atoms with Gasteiger partial charge in [0.25, 0.3) is 5.56 Å². The Kier molecular flexibility index (Phi) is 5.48. The molecular weight excluding hydrogens is 195 g/mol. The first-order valence-corrected chi connectivity index (χ1v) is 3.93. The number of aromatic amines is 1. The van der Waals surface area contributed by atoms with Crippen LogP contribution in [0, 0.1) is 6.92 Å². The Hall–Kier alpha value is -0.160. The van der Waals surface area contributed by atoms with Crippen LogP contribution in [0.3, 0.4) is 0 Å². The van der Waals surface area contributed by atoms with Gasteiger partial charge < -0.3 is 17.6 Å². The molecule has 1 heterocycles. The van der Waals surface area contributed by atoms with Crippen LogP contribution in [0.2, 0.25) is 0 Å². The molecule has 0 aliphatic rings. The second-order valence-corrected chi connectivity index (χ2v) is 2.81. The summed E-state index contributed by atoms with van der Waals surface area (Å²) in [5, 5.41) is 0.241. The number of aryl methyl sites for hydroxylation is 1. The van der Waals surface area contributed by atoms with Crippen LogP contribution in [0.1, 0.15) is 11.3 Å². The van der Waals surface area contributed by atoms with Gasteiger partial charge in [-0.2, -0.15) is 0 Å². The van der Waals surface area contributed by atoms with Gasteiger partial charge in [0, 0.05) is 11.3 Å². The summed E-state index contributed by atoms with van der Waals surface area (Å²) in [6, 6.07) is 0. The van der Waals surface area contributed by atoms with Gasteiger partial charge in [-0.3, -0.25) is 9.78 Å². The molecule has 0 spiro atoms. The van der Waals surface area contributed by atoms with Crippen LogP contribution in [-0.2, 0) is 19.0 Å². The normalized spacial score (nSPS) is 9.00. The monoisotopic (exact) mass is 204 g/mol. The van der Waals surface area contributed by atoms with Crippen molar-refractivity contribution in [1.29, 1.82) is 0 Å². The Morgan fingerprint density at radius 1 is 1.69 bits per heavy atom. The Morgan fingerprint density at radius 3 is 2.77 bits per heavy atom. The van der Waals surface area contributed by atoms with E-state index in [1.54, 1.807) is 13.0 Å². The van der Waals surface area contributed by atoms with E-state index in [2.05, 4.69) is 16.5 Å². The van der Waals surface area contributed by atoms with E-state index in [0.29, 0.717) is 17.7 Å². The fraction of sp³-hybridized carbons (Fsp3) is 0.250. The molecule has 0 aliphatic heterocycles. The number of aromatic nitrogens is 2. The van der Waals surface area contributed by atoms with Gasteiger partial charge in [0.05, 0.1) is 0 Å². The molecule has 0 aromatic carbocycles. The summed E-state index contributed by atoms with van der Waals surface area (Å²) in [6.07, 6.45) is 2.20. The molecule has 0 radical (unpaired) electrons. The molecule has 0 saturated heterocycles. The number of nitrogens with zero attached hydrogens (tertiary/aromatic N) is 1. The van der Waals surface area contributed by atoms with Gasteiger partial charge >= 0.3 is 29.6 Å². The minimum absolute atomic E-state index is 0. The fourth-order valence-corrected chi connectivity index (χ4v) is 1.20. The molecule has 1 N–H and O–H groups in total. The Balaban J connectivity index is 0.00000144. The van der Waals surface area contributed by atoms with Crippen molar-refractivity contribution in [2.45, 2.75) is 18.5 Å². The molecule has 0 saturated carbocycles. The molecule has 1 rings (SSSR count). The molecule has 0 atom stereocenters. The van der Waals surface area contributed by atoms with E-state index >= 15 is 0 Å². The largest absolute Gasteiger partial charge is 1.00 e. The van der Waals surface area contributed by atoms with E-state index in [1.807, 2.05) is 0 Å². The molecule has 0 bridgehead atoms. The fourth-order valence-electron chi connectivity index (χ4n) is 0.969. The van der Waals surface area contributed by atoms with E-state index in [0.717, 1.165) is 0 Å². The number of allylic oxidation sites excluding steroid dienone is 1. The third kappa shape index (κ3) is 3.23. The number of H-pyrrole nitrogens is 1. The van der Waals surface area contributed by atoms with Gasteiger partial charge in [-0.05, 0) is 18.5 Å². The van der Waals surface area contributed by atoms with E-state index in [9.17, 15) is 4.79 Å². The van der Waals surface area contributed by atoms with Gasteiger partial charge in [-0.25, -0.2) is 0 Å². The molecule has 0 unspecified atom stereocenters. The van der Waals surface area contributed by atoms with Gasteiger partial charge in [0.15, 0.2) is 0 Å². The standard InChI is InChI=1S/C8H10N2OS.Na/c1-3-4-6-5(2)9-8(12)10-7(6)11;/h3H,1,4H2,2H3,(H2,9,10,11,12);/q;+1/p-1. The predicted octanol–water partition coefficient (Wildman–Crippen LogP) is -2.28. The smallest absolute Gasteiger partial charge is 0.742 e. The molecular formula is C8H9N2NaOS. The first-order chi connectivity index (χ1) is 5.65. The summed E-state index contributed by atoms with van der Waals surface area (Å²) in [4.78, 5) is 17.7. The minimum atomic E-state index is -0.160. The third-order valence-corrected chi connectivity index (χ3v) is 1.74. The van der Waals surface area contributed by atoms with Crippen LogP contribution in [0.15, 0.2) is 22.6 Å². The van der Waals surface area contributed by atoms with Crippen LogP contribution in [0.5, 0.6) is 0 Å². The number of nitrogens with one attached hydrogen (secondary N) is 1. The summed E-state index contributed by atoms with van der Waals surface area (Å²) in [7, 11) is 0. The molecule has 0 amide bonds. The summed E-state index contributed by atoms with van der Waals surface area (Å²) >= 11 is 4.74. The molecule has 1 aromatic heterocycles. The maximum atomic E-state index is 11.2. The molecule has 13 heavy (non-hydrogen) atoms. The van der Waals surface area contributed by atoms with Crippen LogP contribution < -0.4 is 35.1 Å². The quantitative estimate of drug-likeness (QED) is 0.255. The average Bonchev–Trinajstić information content (AvgIpc) is 1.96. The second-order valence-electron chi connectivity index (χ2n) is 2.43. The summed E-state index contributed by atoms with van der Waals surface area (Å²) < 4.78 is 0. The van der Waals surface area contributed by atoms with Crippen LogP contribution in [-0.4, -0.2) is 9.97 Å². The first-order valence-electron chi connectivity index (χ1n) is 3.53. The molecule has 64 valence electrons. The average molecular weight is 204 g/mol. The van der Waals surface area contributed by atoms with E-state index in [-0.39, 0.29) is 40.3 Å². The van der Waals surface area contributed by atoms with Crippen molar-refractivity contribution in [3.63, 3.8) is 0 Å². The molecule has 1 aromatic rings. The van der Waals surface area contributed by atoms with E-state index in [1.165, 1.54) is 0 Å². The Labute approximate surface area is 104 Å². The van der Waals surface area contributed by atoms with Crippen molar-refractivity contribution in [3.8, 4) is 0 Å². The topological polar surface area (TPSA) is 45.8 Å². The minimum Gasteiger partial charge on any atom is -0.742 e. The number of rotatable bonds is 2. The van der Waals surface area contributed by atoms with Crippen molar-refractivity contribution >= 4 is 12.6 Å². The zero-order valence-corrected chi connectivity index (χ0v) is 10.6. The van der Waals surface area contributed by atoms with Gasteiger partial charge in [0.2, 0.25) is 0 Å². The van der Waals surface area contributed by atoms with Crippen molar-refractivity contribution in [3.05, 3.63) is 34.3 Å². The Bertz CT molecular complexity index is 362. The summed E-state index contributed by atoms with van der Waals surface area (Å²) in [6.45, 7) is 5.32. The summed E-state index contributed by atoms with van der Waals surface area (Å²) in [5.41, 5.74) is 1.16. The van der Waals surface area contributed by atoms with Crippen molar-refractivity contribution in [1.82, 2.24) is 9.97 Å². The maximum Gasteiger partial charge on any atom is 1.00 e. The number of hydrogen-bond acceptors (Lipinski definition) is 3. The number of hydrogen-bond donors (Lipinski definition) is 1.